The van der Waals surface area contributed by atoms with Gasteiger partial charge < -0.3 is 15.5 Å². The van der Waals surface area contributed by atoms with E-state index in [-0.39, 0.29) is 0 Å². The van der Waals surface area contributed by atoms with Gasteiger partial charge in [0, 0.05) is 0 Å². The molecule has 1 rings (SSSR count). The van der Waals surface area contributed by atoms with Gasteiger partial charge in [0.2, 0.25) is 5.91 Å². The maximum atomic E-state index is 11.5. The molecule has 2 unspecified atom stereocenters. The quantitative estimate of drug-likeness (QED) is 0.558. The number of aliphatic hydroxyl groups is 1. The molecule has 0 saturated heterocycles. The molecule has 1 aromatic heterocycles. The zero-order valence-electron chi connectivity index (χ0n) is 8.57. The smallest absolute Gasteiger partial charge is 0.328 e. The molecule has 0 aliphatic rings. The number of nitrogens with one attached hydrogen (secondary N) is 1. The van der Waals surface area contributed by atoms with Gasteiger partial charge in [-0.05, 0) is 6.92 Å². The van der Waals surface area contributed by atoms with E-state index in [2.05, 4.69) is 15.4 Å². The van der Waals surface area contributed by atoms with Crippen molar-refractivity contribution in [1.29, 1.82) is 0 Å². The van der Waals surface area contributed by atoms with Crippen molar-refractivity contribution >= 4 is 11.9 Å². The number of carboxylic acids is 1. The number of aliphatic hydroxyl groups excluding tert-OH is 1. The standard InChI is InChI=1S/C8H12N4O4/c1-5(12-4-9-3-10-12)7(14)11-6(2-13)8(15)16/h3-6,13H,2H2,1H3,(H,11,14)(H,15,16). The number of aromatic nitrogens is 3. The van der Waals surface area contributed by atoms with E-state index in [1.165, 1.54) is 17.3 Å². The monoisotopic (exact) mass is 228 g/mol. The van der Waals surface area contributed by atoms with E-state index in [4.69, 9.17) is 10.2 Å². The summed E-state index contributed by atoms with van der Waals surface area (Å²) >= 11 is 0. The predicted octanol–water partition coefficient (Wildman–Crippen LogP) is -1.60. The third-order valence-corrected chi connectivity index (χ3v) is 2.01. The van der Waals surface area contributed by atoms with Gasteiger partial charge in [0.05, 0.1) is 6.61 Å². The number of amides is 1. The van der Waals surface area contributed by atoms with Crippen molar-refractivity contribution in [2.24, 2.45) is 0 Å². The minimum absolute atomic E-state index is 0.549. The zero-order valence-corrected chi connectivity index (χ0v) is 8.57. The first-order valence-corrected chi connectivity index (χ1v) is 4.54. The molecule has 0 radical (unpaired) electrons. The number of rotatable bonds is 5. The second-order valence-electron chi connectivity index (χ2n) is 3.13. The average molecular weight is 228 g/mol. The Morgan fingerprint density at radius 1 is 1.56 bits per heavy atom. The molecule has 0 saturated carbocycles. The molecule has 0 aliphatic heterocycles. The molecule has 16 heavy (non-hydrogen) atoms. The van der Waals surface area contributed by atoms with Crippen LogP contribution in [0.1, 0.15) is 13.0 Å². The minimum Gasteiger partial charge on any atom is -0.480 e. The van der Waals surface area contributed by atoms with Gasteiger partial charge in [-0.2, -0.15) is 5.10 Å². The highest BCUT2D eigenvalue weighted by Crippen LogP contribution is 2.02. The summed E-state index contributed by atoms with van der Waals surface area (Å²) in [7, 11) is 0. The summed E-state index contributed by atoms with van der Waals surface area (Å²) in [5.74, 6) is -1.84. The lowest BCUT2D eigenvalue weighted by Crippen LogP contribution is -2.45. The molecule has 0 aromatic carbocycles. The Kier molecular flexibility index (Phi) is 3.95. The summed E-state index contributed by atoms with van der Waals surface area (Å²) in [6.07, 6.45) is 2.61. The molecule has 3 N–H and O–H groups in total. The number of hydrogen-bond acceptors (Lipinski definition) is 5. The van der Waals surface area contributed by atoms with Crippen LogP contribution in [0.4, 0.5) is 0 Å². The summed E-state index contributed by atoms with van der Waals surface area (Å²) in [5, 5.41) is 23.3. The van der Waals surface area contributed by atoms with E-state index >= 15 is 0 Å². The van der Waals surface area contributed by atoms with Crippen LogP contribution in [0.5, 0.6) is 0 Å². The fraction of sp³-hybridized carbons (Fsp3) is 0.500. The fourth-order valence-corrected chi connectivity index (χ4v) is 1.02. The van der Waals surface area contributed by atoms with E-state index in [1.807, 2.05) is 0 Å². The normalized spacial score (nSPS) is 14.1. The fourth-order valence-electron chi connectivity index (χ4n) is 1.02. The van der Waals surface area contributed by atoms with Crippen LogP contribution in [0.25, 0.3) is 0 Å². The van der Waals surface area contributed by atoms with Crippen molar-refractivity contribution in [1.82, 2.24) is 20.1 Å². The minimum atomic E-state index is -1.31. The van der Waals surface area contributed by atoms with E-state index in [0.29, 0.717) is 0 Å². The average Bonchev–Trinajstić information content (AvgIpc) is 2.77. The Morgan fingerprint density at radius 3 is 2.69 bits per heavy atom. The topological polar surface area (TPSA) is 117 Å². The Bertz CT molecular complexity index is 364. The van der Waals surface area contributed by atoms with Crippen LogP contribution in [0, 0.1) is 0 Å². The Labute approximate surface area is 90.9 Å². The SMILES string of the molecule is CC(C(=O)NC(CO)C(=O)O)n1cncn1. The first-order chi connectivity index (χ1) is 7.56. The van der Waals surface area contributed by atoms with Gasteiger partial charge in [-0.25, -0.2) is 14.5 Å². The molecule has 8 heteroatoms. The highest BCUT2D eigenvalue weighted by Gasteiger charge is 2.23. The second-order valence-corrected chi connectivity index (χ2v) is 3.13. The molecule has 0 bridgehead atoms. The third kappa shape index (κ3) is 2.76. The number of nitrogens with zero attached hydrogens (tertiary/aromatic N) is 3. The Hall–Kier alpha value is -1.96. The van der Waals surface area contributed by atoms with Crippen LogP contribution in [0.15, 0.2) is 12.7 Å². The van der Waals surface area contributed by atoms with Crippen LogP contribution in [-0.2, 0) is 9.59 Å². The second kappa shape index (κ2) is 5.21. The Morgan fingerprint density at radius 2 is 2.25 bits per heavy atom. The van der Waals surface area contributed by atoms with Gasteiger partial charge in [0.25, 0.3) is 0 Å². The number of hydrogen-bond donors (Lipinski definition) is 3. The summed E-state index contributed by atoms with van der Waals surface area (Å²) in [6.45, 7) is 0.880. The van der Waals surface area contributed by atoms with E-state index in [1.54, 1.807) is 6.92 Å². The number of aliphatic carboxylic acids is 1. The van der Waals surface area contributed by atoms with Crippen molar-refractivity contribution in [3.8, 4) is 0 Å². The molecule has 8 nitrogen and oxygen atoms in total. The summed E-state index contributed by atoms with van der Waals surface area (Å²) in [4.78, 5) is 25.8. The van der Waals surface area contributed by atoms with Crippen molar-refractivity contribution in [3.63, 3.8) is 0 Å². The zero-order chi connectivity index (χ0) is 12.1. The van der Waals surface area contributed by atoms with E-state index in [0.717, 1.165) is 0 Å². The lowest BCUT2D eigenvalue weighted by Gasteiger charge is -2.15. The molecular weight excluding hydrogens is 216 g/mol. The molecule has 0 spiro atoms. The molecular formula is C8H12N4O4. The van der Waals surface area contributed by atoms with Gasteiger partial charge in [-0.3, -0.25) is 4.79 Å². The van der Waals surface area contributed by atoms with Gasteiger partial charge in [0.15, 0.2) is 0 Å². The van der Waals surface area contributed by atoms with Crippen molar-refractivity contribution in [2.45, 2.75) is 19.0 Å². The molecule has 0 aliphatic carbocycles. The Balaban J connectivity index is 2.61. The first-order valence-electron chi connectivity index (χ1n) is 4.54. The van der Waals surface area contributed by atoms with Gasteiger partial charge >= 0.3 is 5.97 Å². The number of carboxylic acid groups (broad SMARTS) is 1. The maximum Gasteiger partial charge on any atom is 0.328 e. The van der Waals surface area contributed by atoms with Crippen LogP contribution in [0.2, 0.25) is 0 Å². The van der Waals surface area contributed by atoms with Crippen molar-refractivity contribution in [2.75, 3.05) is 6.61 Å². The van der Waals surface area contributed by atoms with Crippen LogP contribution in [-0.4, -0.2) is 49.5 Å². The molecule has 1 amide bonds. The van der Waals surface area contributed by atoms with Crippen molar-refractivity contribution < 1.29 is 19.8 Å². The molecule has 88 valence electrons. The highest BCUT2D eigenvalue weighted by molar-refractivity contribution is 5.85. The van der Waals surface area contributed by atoms with Gasteiger partial charge in [0.1, 0.15) is 24.7 Å². The first kappa shape index (κ1) is 12.1. The molecule has 1 heterocycles. The largest absolute Gasteiger partial charge is 0.480 e. The number of carbonyl (C=O) groups excluding carboxylic acids is 1. The third-order valence-electron chi connectivity index (χ3n) is 2.01. The molecule has 2 atom stereocenters. The van der Waals surface area contributed by atoms with Gasteiger partial charge in [-0.15, -0.1) is 0 Å². The lowest BCUT2D eigenvalue weighted by atomic mass is 10.2. The summed E-state index contributed by atoms with van der Waals surface area (Å²) in [6, 6.07) is -1.99. The van der Waals surface area contributed by atoms with Crippen LogP contribution < -0.4 is 5.32 Å². The van der Waals surface area contributed by atoms with E-state index < -0.39 is 30.6 Å². The molecule has 1 aromatic rings. The van der Waals surface area contributed by atoms with Crippen molar-refractivity contribution in [3.05, 3.63) is 12.7 Å². The predicted molar refractivity (Wildman–Crippen MR) is 51.4 cm³/mol. The molecule has 0 fully saturated rings. The lowest BCUT2D eigenvalue weighted by molar-refractivity contribution is -0.143. The summed E-state index contributed by atoms with van der Waals surface area (Å²) in [5.41, 5.74) is 0. The van der Waals surface area contributed by atoms with E-state index in [9.17, 15) is 9.59 Å². The highest BCUT2D eigenvalue weighted by atomic mass is 16.4. The van der Waals surface area contributed by atoms with Crippen LogP contribution >= 0.6 is 0 Å². The number of carbonyl (C=O) groups is 2. The summed E-state index contributed by atoms with van der Waals surface area (Å²) < 4.78 is 1.28. The van der Waals surface area contributed by atoms with Crippen LogP contribution in [0.3, 0.4) is 0 Å². The maximum absolute atomic E-state index is 11.5. The van der Waals surface area contributed by atoms with Gasteiger partial charge in [-0.1, -0.05) is 0 Å².